The van der Waals surface area contributed by atoms with Gasteiger partial charge in [0.05, 0.1) is 24.3 Å². The van der Waals surface area contributed by atoms with Gasteiger partial charge in [0.25, 0.3) is 0 Å². The summed E-state index contributed by atoms with van der Waals surface area (Å²) < 4.78 is 68.3. The van der Waals surface area contributed by atoms with E-state index in [1.54, 1.807) is 12.1 Å². The third-order valence-corrected chi connectivity index (χ3v) is 4.91. The van der Waals surface area contributed by atoms with Gasteiger partial charge < -0.3 is 0 Å². The molecule has 0 radical (unpaired) electrons. The highest BCUT2D eigenvalue weighted by Gasteiger charge is 2.30. The lowest BCUT2D eigenvalue weighted by Crippen LogP contribution is -2.26. The van der Waals surface area contributed by atoms with Crippen molar-refractivity contribution in [3.8, 4) is 11.5 Å². The van der Waals surface area contributed by atoms with Gasteiger partial charge in [0.2, 0.25) is 0 Å². The highest BCUT2D eigenvalue weighted by atomic mass is 19.4. The van der Waals surface area contributed by atoms with Crippen molar-refractivity contribution in [1.82, 2.24) is 34.3 Å². The second-order valence-corrected chi connectivity index (χ2v) is 7.18. The maximum Gasteiger partial charge on any atom is 0.406 e. The van der Waals surface area contributed by atoms with Crippen LogP contribution >= 0.6 is 0 Å². The molecule has 0 bridgehead atoms. The molecule has 0 amide bonds. The molecule has 5 rings (SSSR count). The van der Waals surface area contributed by atoms with Gasteiger partial charge in [0, 0.05) is 5.56 Å². The lowest BCUT2D eigenvalue weighted by Gasteiger charge is -2.06. The van der Waals surface area contributed by atoms with Crippen molar-refractivity contribution in [1.29, 1.82) is 0 Å². The van der Waals surface area contributed by atoms with E-state index in [-0.39, 0.29) is 40.3 Å². The summed E-state index contributed by atoms with van der Waals surface area (Å²) in [4.78, 5) is 26.4. The number of alkyl halides is 3. The Labute approximate surface area is 180 Å². The summed E-state index contributed by atoms with van der Waals surface area (Å²) in [6.45, 7) is -1.54. The summed E-state index contributed by atoms with van der Waals surface area (Å²) in [7, 11) is 0. The minimum atomic E-state index is -4.62. The average molecular weight is 461 g/mol. The van der Waals surface area contributed by atoms with Crippen molar-refractivity contribution in [3.63, 3.8) is 0 Å². The Kier molecular flexibility index (Phi) is 4.69. The molecule has 168 valence electrons. The highest BCUT2D eigenvalue weighted by molar-refractivity contribution is 5.90. The van der Waals surface area contributed by atoms with Crippen LogP contribution in [0.15, 0.2) is 47.5 Å². The van der Waals surface area contributed by atoms with Gasteiger partial charge in [-0.2, -0.15) is 18.3 Å². The molecule has 0 aliphatic heterocycles. The van der Waals surface area contributed by atoms with Gasteiger partial charge in [-0.05, 0) is 12.1 Å². The van der Waals surface area contributed by atoms with E-state index in [0.717, 1.165) is 18.5 Å². The van der Waals surface area contributed by atoms with Gasteiger partial charge in [0.15, 0.2) is 17.1 Å². The molecular formula is C20H12F5N7O. The predicted molar refractivity (Wildman–Crippen MR) is 106 cm³/mol. The van der Waals surface area contributed by atoms with Crippen molar-refractivity contribution in [2.24, 2.45) is 0 Å². The number of aromatic nitrogens is 7. The van der Waals surface area contributed by atoms with Crippen LogP contribution in [0.1, 0.15) is 5.56 Å². The standard InChI is InChI=1S/C20H12F5N7O/c21-11-5-12-15(30-32(18(12)27-6-11)8-10-3-1-2-4-13(10)22)17-26-7-14-16(28-17)29-19(33)31(14)9-20(23,24)25/h1-7H,8-9H2,(H,26,28,29,33). The van der Waals surface area contributed by atoms with Gasteiger partial charge in [0.1, 0.15) is 29.4 Å². The van der Waals surface area contributed by atoms with E-state index < -0.39 is 30.0 Å². The Morgan fingerprint density at radius 2 is 1.85 bits per heavy atom. The molecule has 4 aromatic heterocycles. The summed E-state index contributed by atoms with van der Waals surface area (Å²) >= 11 is 0. The van der Waals surface area contributed by atoms with Gasteiger partial charge in [-0.1, -0.05) is 18.2 Å². The van der Waals surface area contributed by atoms with E-state index in [4.69, 9.17) is 0 Å². The number of fused-ring (bicyclic) bond motifs is 2. The molecule has 0 aliphatic rings. The number of aromatic amines is 1. The predicted octanol–water partition coefficient (Wildman–Crippen LogP) is 3.42. The minimum Gasteiger partial charge on any atom is -0.290 e. The van der Waals surface area contributed by atoms with Crippen molar-refractivity contribution < 1.29 is 22.0 Å². The summed E-state index contributed by atoms with van der Waals surface area (Å²) in [6.07, 6.45) is -2.59. The Morgan fingerprint density at radius 1 is 1.06 bits per heavy atom. The van der Waals surface area contributed by atoms with Crippen molar-refractivity contribution in [2.75, 3.05) is 0 Å². The van der Waals surface area contributed by atoms with Gasteiger partial charge in [-0.3, -0.25) is 9.55 Å². The van der Waals surface area contributed by atoms with Crippen LogP contribution in [0.2, 0.25) is 0 Å². The van der Waals surface area contributed by atoms with Crippen LogP contribution < -0.4 is 5.69 Å². The molecule has 13 heteroatoms. The van der Waals surface area contributed by atoms with Crippen molar-refractivity contribution in [3.05, 3.63) is 70.4 Å². The number of rotatable bonds is 4. The molecule has 1 aromatic carbocycles. The Bertz CT molecular complexity index is 1570. The van der Waals surface area contributed by atoms with E-state index in [1.165, 1.54) is 16.8 Å². The molecule has 8 nitrogen and oxygen atoms in total. The summed E-state index contributed by atoms with van der Waals surface area (Å²) in [5, 5.41) is 4.56. The second-order valence-electron chi connectivity index (χ2n) is 7.18. The fourth-order valence-electron chi connectivity index (χ4n) is 3.49. The van der Waals surface area contributed by atoms with Crippen LogP contribution in [0.4, 0.5) is 22.0 Å². The maximum absolute atomic E-state index is 14.1. The third kappa shape index (κ3) is 3.81. The molecule has 33 heavy (non-hydrogen) atoms. The zero-order valence-corrected chi connectivity index (χ0v) is 16.4. The summed E-state index contributed by atoms with van der Waals surface area (Å²) in [5.74, 6) is -1.21. The summed E-state index contributed by atoms with van der Waals surface area (Å²) in [6, 6.07) is 7.18. The van der Waals surface area contributed by atoms with Crippen molar-refractivity contribution >= 4 is 22.2 Å². The lowest BCUT2D eigenvalue weighted by atomic mass is 10.2. The first-order valence-corrected chi connectivity index (χ1v) is 9.48. The maximum atomic E-state index is 14.1. The number of pyridine rings is 1. The average Bonchev–Trinajstić information content (AvgIpc) is 3.25. The lowest BCUT2D eigenvalue weighted by molar-refractivity contribution is -0.140. The van der Waals surface area contributed by atoms with Gasteiger partial charge >= 0.3 is 11.9 Å². The quantitative estimate of drug-likeness (QED) is 0.414. The summed E-state index contributed by atoms with van der Waals surface area (Å²) in [5.41, 5.74) is -0.696. The molecule has 1 N–H and O–H groups in total. The van der Waals surface area contributed by atoms with E-state index >= 15 is 0 Å². The van der Waals surface area contributed by atoms with E-state index in [1.807, 2.05) is 0 Å². The molecule has 0 atom stereocenters. The Hall–Kier alpha value is -4.16. The minimum absolute atomic E-state index is 0.0250. The highest BCUT2D eigenvalue weighted by Crippen LogP contribution is 2.27. The van der Waals surface area contributed by atoms with Crippen molar-refractivity contribution in [2.45, 2.75) is 19.3 Å². The smallest absolute Gasteiger partial charge is 0.290 e. The fourth-order valence-corrected chi connectivity index (χ4v) is 3.49. The number of benzene rings is 1. The number of halogens is 5. The molecule has 0 aliphatic carbocycles. The number of H-pyrrole nitrogens is 1. The molecule has 0 spiro atoms. The molecule has 0 saturated carbocycles. The van der Waals surface area contributed by atoms with Gasteiger partial charge in [-0.25, -0.2) is 33.2 Å². The fraction of sp³-hybridized carbons (Fsp3) is 0.150. The number of nitrogens with zero attached hydrogens (tertiary/aromatic N) is 6. The van der Waals surface area contributed by atoms with Gasteiger partial charge in [-0.15, -0.1) is 0 Å². The van der Waals surface area contributed by atoms with Crippen LogP contribution in [-0.2, 0) is 13.1 Å². The first-order valence-electron chi connectivity index (χ1n) is 9.48. The first kappa shape index (κ1) is 20.7. The van der Waals surface area contributed by atoms with E-state index in [2.05, 4.69) is 25.0 Å². The monoisotopic (exact) mass is 461 g/mol. The molecule has 0 fully saturated rings. The third-order valence-electron chi connectivity index (χ3n) is 4.91. The number of nitrogens with one attached hydrogen (secondary N) is 1. The number of hydrogen-bond acceptors (Lipinski definition) is 5. The number of hydrogen-bond donors (Lipinski definition) is 1. The zero-order chi connectivity index (χ0) is 23.3. The van der Waals surface area contributed by atoms with Crippen LogP contribution in [0.3, 0.4) is 0 Å². The molecule has 0 saturated heterocycles. The molecule has 0 unspecified atom stereocenters. The SMILES string of the molecule is O=c1[nH]c2nc(-c3nn(Cc4ccccc4F)c4ncc(F)cc34)ncc2n1CC(F)(F)F. The number of imidazole rings is 1. The van der Waals surface area contributed by atoms with Crippen LogP contribution in [-0.4, -0.2) is 40.5 Å². The largest absolute Gasteiger partial charge is 0.406 e. The van der Waals surface area contributed by atoms with E-state index in [0.29, 0.717) is 10.1 Å². The van der Waals surface area contributed by atoms with Crippen LogP contribution in [0.25, 0.3) is 33.7 Å². The topological polar surface area (TPSA) is 94.3 Å². The molecular weight excluding hydrogens is 449 g/mol. The zero-order valence-electron chi connectivity index (χ0n) is 16.4. The Balaban J connectivity index is 1.64. The molecule has 4 heterocycles. The normalized spacial score (nSPS) is 12.2. The Morgan fingerprint density at radius 3 is 2.61 bits per heavy atom. The first-order chi connectivity index (χ1) is 15.7. The molecule has 5 aromatic rings. The van der Waals surface area contributed by atoms with Crippen LogP contribution in [0, 0.1) is 11.6 Å². The second kappa shape index (κ2) is 7.46. The van der Waals surface area contributed by atoms with E-state index in [9.17, 15) is 26.7 Å². The van der Waals surface area contributed by atoms with Crippen LogP contribution in [0.5, 0.6) is 0 Å².